The molecule has 1 unspecified atom stereocenters. The van der Waals surface area contributed by atoms with Crippen molar-refractivity contribution in [2.75, 3.05) is 13.7 Å². The van der Waals surface area contributed by atoms with Gasteiger partial charge in [-0.2, -0.15) is 4.31 Å². The number of aryl methyl sites for hydroxylation is 1. The Bertz CT molecular complexity index is 846. The summed E-state index contributed by atoms with van der Waals surface area (Å²) in [5, 5.41) is 0. The van der Waals surface area contributed by atoms with Gasteiger partial charge in [0.1, 0.15) is 0 Å². The normalized spacial score (nSPS) is 21.1. The van der Waals surface area contributed by atoms with Crippen molar-refractivity contribution >= 4 is 16.0 Å². The van der Waals surface area contributed by atoms with Gasteiger partial charge in [-0.05, 0) is 31.0 Å². The molecule has 0 radical (unpaired) electrons. The molecule has 0 aromatic heterocycles. The second-order valence-electron chi connectivity index (χ2n) is 5.86. The predicted octanol–water partition coefficient (Wildman–Crippen LogP) is 2.46. The fourth-order valence-electron chi connectivity index (χ4n) is 3.08. The predicted molar refractivity (Wildman–Crippen MR) is 89.8 cm³/mol. The number of sulfonamides is 1. The molecule has 2 aromatic rings. The highest BCUT2D eigenvalue weighted by atomic mass is 32.2. The molecule has 0 bridgehead atoms. The number of rotatable bonds is 4. The number of carbonyl (C=O) groups excluding carboxylic acids is 1. The van der Waals surface area contributed by atoms with Crippen molar-refractivity contribution in [1.29, 1.82) is 0 Å². The number of nitrogens with zero attached hydrogens (tertiary/aromatic N) is 1. The molecule has 0 aliphatic carbocycles. The van der Waals surface area contributed by atoms with Crippen LogP contribution in [0.25, 0.3) is 0 Å². The molecule has 1 fully saturated rings. The number of hydrogen-bond acceptors (Lipinski definition) is 4. The van der Waals surface area contributed by atoms with Crippen LogP contribution in [0.4, 0.5) is 0 Å². The zero-order chi connectivity index (χ0) is 17.4. The molecular formula is C18H19NO4S. The summed E-state index contributed by atoms with van der Waals surface area (Å²) in [5.74, 6) is -0.560. The van der Waals surface area contributed by atoms with Crippen molar-refractivity contribution in [2.45, 2.75) is 23.8 Å². The van der Waals surface area contributed by atoms with Crippen LogP contribution in [0.5, 0.6) is 0 Å². The summed E-state index contributed by atoms with van der Waals surface area (Å²) >= 11 is 0. The number of hydrogen-bond donors (Lipinski definition) is 0. The summed E-state index contributed by atoms with van der Waals surface area (Å²) < 4.78 is 32.3. The van der Waals surface area contributed by atoms with Gasteiger partial charge in [0.15, 0.2) is 5.54 Å². The molecule has 1 aliphatic rings. The van der Waals surface area contributed by atoms with Gasteiger partial charge in [-0.1, -0.05) is 48.0 Å². The summed E-state index contributed by atoms with van der Waals surface area (Å²) in [6.07, 6.45) is 0.398. The molecule has 5 nitrogen and oxygen atoms in total. The zero-order valence-corrected chi connectivity index (χ0v) is 14.4. The summed E-state index contributed by atoms with van der Waals surface area (Å²) in [7, 11) is -2.52. The highest BCUT2D eigenvalue weighted by molar-refractivity contribution is 7.89. The van der Waals surface area contributed by atoms with Gasteiger partial charge in [0, 0.05) is 6.54 Å². The number of esters is 1. The Morgan fingerprint density at radius 3 is 2.21 bits per heavy atom. The molecule has 1 saturated heterocycles. The van der Waals surface area contributed by atoms with Crippen LogP contribution in [0.15, 0.2) is 59.5 Å². The highest BCUT2D eigenvalue weighted by Gasteiger charge is 2.58. The molecule has 0 N–H and O–H groups in total. The van der Waals surface area contributed by atoms with Crippen LogP contribution >= 0.6 is 0 Å². The second kappa shape index (κ2) is 6.03. The molecule has 24 heavy (non-hydrogen) atoms. The molecule has 3 rings (SSSR count). The third-order valence-corrected chi connectivity index (χ3v) is 6.43. The van der Waals surface area contributed by atoms with E-state index in [0.29, 0.717) is 12.0 Å². The minimum atomic E-state index is -3.80. The largest absolute Gasteiger partial charge is 0.467 e. The number of ether oxygens (including phenoxy) is 1. The third kappa shape index (κ3) is 2.42. The standard InChI is InChI=1S/C18H19NO4S/c1-14-8-10-16(11-9-14)24(21,22)19-13-12-18(19,17(20)23-2)15-6-4-3-5-7-15/h3-11H,12-13H2,1-2H3. The summed E-state index contributed by atoms with van der Waals surface area (Å²) in [5.41, 5.74) is 0.304. The van der Waals surface area contributed by atoms with Gasteiger partial charge in [0.25, 0.3) is 0 Å². The second-order valence-corrected chi connectivity index (χ2v) is 7.72. The van der Waals surface area contributed by atoms with Crippen molar-refractivity contribution in [3.63, 3.8) is 0 Å². The van der Waals surface area contributed by atoms with Gasteiger partial charge in [-0.15, -0.1) is 0 Å². The monoisotopic (exact) mass is 345 g/mol. The molecule has 126 valence electrons. The van der Waals surface area contributed by atoms with Crippen molar-refractivity contribution in [3.8, 4) is 0 Å². The Balaban J connectivity index is 2.10. The van der Waals surface area contributed by atoms with Crippen LogP contribution in [0.1, 0.15) is 17.5 Å². The Hall–Kier alpha value is -2.18. The van der Waals surface area contributed by atoms with Gasteiger partial charge in [0.05, 0.1) is 12.0 Å². The fraction of sp³-hybridized carbons (Fsp3) is 0.278. The summed E-state index contributed by atoms with van der Waals surface area (Å²) in [4.78, 5) is 12.7. The van der Waals surface area contributed by atoms with Crippen molar-refractivity contribution in [1.82, 2.24) is 4.31 Å². The molecule has 0 spiro atoms. The number of benzene rings is 2. The third-order valence-electron chi connectivity index (χ3n) is 4.49. The van der Waals surface area contributed by atoms with E-state index in [4.69, 9.17) is 4.74 Å². The first-order valence-corrected chi connectivity index (χ1v) is 9.10. The molecule has 2 aromatic carbocycles. The zero-order valence-electron chi connectivity index (χ0n) is 13.6. The van der Waals surface area contributed by atoms with Gasteiger partial charge < -0.3 is 4.74 Å². The van der Waals surface area contributed by atoms with E-state index in [9.17, 15) is 13.2 Å². The van der Waals surface area contributed by atoms with Crippen LogP contribution in [-0.2, 0) is 25.1 Å². The maximum atomic E-state index is 13.1. The Morgan fingerprint density at radius 1 is 1.08 bits per heavy atom. The van der Waals surface area contributed by atoms with Crippen LogP contribution in [0.3, 0.4) is 0 Å². The molecule has 1 aliphatic heterocycles. The lowest BCUT2D eigenvalue weighted by Crippen LogP contribution is -2.64. The van der Waals surface area contributed by atoms with Crippen molar-refractivity contribution < 1.29 is 17.9 Å². The topological polar surface area (TPSA) is 63.7 Å². The summed E-state index contributed by atoms with van der Waals surface area (Å²) in [6, 6.07) is 15.5. The Kier molecular flexibility index (Phi) is 4.19. The molecule has 0 saturated carbocycles. The first-order valence-electron chi connectivity index (χ1n) is 7.66. The molecular weight excluding hydrogens is 326 g/mol. The molecule has 6 heteroatoms. The average molecular weight is 345 g/mol. The van der Waals surface area contributed by atoms with Crippen LogP contribution < -0.4 is 0 Å². The van der Waals surface area contributed by atoms with E-state index >= 15 is 0 Å². The fourth-order valence-corrected chi connectivity index (χ4v) is 4.83. The SMILES string of the molecule is COC(=O)C1(c2ccccc2)CCN1S(=O)(=O)c1ccc(C)cc1. The molecule has 1 atom stereocenters. The average Bonchev–Trinajstić information content (AvgIpc) is 2.55. The lowest BCUT2D eigenvalue weighted by Gasteiger charge is -2.49. The smallest absolute Gasteiger partial charge is 0.332 e. The molecule has 1 heterocycles. The maximum Gasteiger partial charge on any atom is 0.332 e. The lowest BCUT2D eigenvalue weighted by atomic mass is 9.81. The van der Waals surface area contributed by atoms with Crippen molar-refractivity contribution in [2.24, 2.45) is 0 Å². The maximum absolute atomic E-state index is 13.1. The summed E-state index contributed by atoms with van der Waals surface area (Å²) in [6.45, 7) is 2.17. The van der Waals surface area contributed by atoms with E-state index in [1.807, 2.05) is 13.0 Å². The van der Waals surface area contributed by atoms with E-state index in [0.717, 1.165) is 5.56 Å². The van der Waals surface area contributed by atoms with E-state index < -0.39 is 21.5 Å². The van der Waals surface area contributed by atoms with Crippen LogP contribution in [0.2, 0.25) is 0 Å². The van der Waals surface area contributed by atoms with E-state index in [1.165, 1.54) is 11.4 Å². The minimum absolute atomic E-state index is 0.178. The Labute approximate surface area is 141 Å². The van der Waals surface area contributed by atoms with Gasteiger partial charge in [0.2, 0.25) is 10.0 Å². The lowest BCUT2D eigenvalue weighted by molar-refractivity contribution is -0.159. The van der Waals surface area contributed by atoms with E-state index in [1.54, 1.807) is 48.5 Å². The van der Waals surface area contributed by atoms with E-state index in [-0.39, 0.29) is 11.4 Å². The Morgan fingerprint density at radius 2 is 1.71 bits per heavy atom. The van der Waals surface area contributed by atoms with Crippen LogP contribution in [-0.4, -0.2) is 32.3 Å². The quantitative estimate of drug-likeness (QED) is 0.799. The van der Waals surface area contributed by atoms with Gasteiger partial charge in [-0.25, -0.2) is 13.2 Å². The van der Waals surface area contributed by atoms with Gasteiger partial charge >= 0.3 is 5.97 Å². The highest BCUT2D eigenvalue weighted by Crippen LogP contribution is 2.45. The van der Waals surface area contributed by atoms with Crippen LogP contribution in [0, 0.1) is 6.92 Å². The van der Waals surface area contributed by atoms with E-state index in [2.05, 4.69) is 0 Å². The number of carbonyl (C=O) groups is 1. The first-order chi connectivity index (χ1) is 11.4. The minimum Gasteiger partial charge on any atom is -0.467 e. The van der Waals surface area contributed by atoms with Gasteiger partial charge in [-0.3, -0.25) is 0 Å². The van der Waals surface area contributed by atoms with Crippen molar-refractivity contribution in [3.05, 3.63) is 65.7 Å². The molecule has 0 amide bonds. The first kappa shape index (κ1) is 16.7. The number of methoxy groups -OCH3 is 1.